The van der Waals surface area contributed by atoms with Gasteiger partial charge < -0.3 is 58.1 Å². The second-order valence-electron chi connectivity index (χ2n) is 18.3. The highest BCUT2D eigenvalue weighted by atomic mass is 35.5. The maximum atomic E-state index is 14.1. The first kappa shape index (κ1) is 56.9. The minimum absolute atomic E-state index is 0.0236. The molecule has 3 aliphatic heterocycles. The highest BCUT2D eigenvalue weighted by Gasteiger charge is 2.64. The maximum Gasteiger partial charge on any atom is 0.410 e. The van der Waals surface area contributed by atoms with Crippen LogP contribution in [0.15, 0.2) is 48.1 Å². The molecule has 0 aromatic heterocycles. The van der Waals surface area contributed by atoms with E-state index in [0.717, 1.165) is 22.9 Å². The number of amides is 4. The van der Waals surface area contributed by atoms with Crippen LogP contribution in [-0.4, -0.2) is 170 Å². The Kier molecular flexibility index (Phi) is 20.5. The lowest BCUT2D eigenvalue weighted by atomic mass is 9.83. The number of hydrogen-bond donors (Lipinski definition) is 3. The van der Waals surface area contributed by atoms with E-state index in [9.17, 15) is 38.7 Å². The van der Waals surface area contributed by atoms with Gasteiger partial charge in [0, 0.05) is 65.0 Å². The number of likely N-dealkylation sites (N-methyl/N-ethyl adjacent to an activating group) is 2. The third kappa shape index (κ3) is 15.3. The lowest BCUT2D eigenvalue weighted by Crippen LogP contribution is -2.63. The van der Waals surface area contributed by atoms with Crippen LogP contribution in [-0.2, 0) is 65.2 Å². The number of ketones is 2. The molecule has 0 spiro atoms. The van der Waals surface area contributed by atoms with Gasteiger partial charge >= 0.3 is 18.2 Å². The van der Waals surface area contributed by atoms with E-state index in [2.05, 4.69) is 10.6 Å². The number of aliphatic hydroxyl groups is 1. The van der Waals surface area contributed by atoms with Gasteiger partial charge in [-0.05, 0) is 50.5 Å². The SMILES string of the molecule is CCC(=O)C(CN(C)C(=O)OC1/C=C/COCOC1)NC(=O)SCCC(=O)N(C)[C@@H](C)C(=O)O[C@H]1CC(=O)Cc2cc(cc(OC)c2Cl)C/C(C)=C/C=C/[C@@H](OC)[C@@]2(O)C[C@H](OC(=O)N2)[C@@H](C)[C@@H]2O[C@@]12C. The molecule has 1 aromatic carbocycles. The fourth-order valence-corrected chi connectivity index (χ4v) is 9.49. The topological polar surface area (TPSA) is 247 Å². The highest BCUT2D eigenvalue weighted by molar-refractivity contribution is 8.13. The number of carbonyl (C=O) groups excluding carboxylic acids is 7. The number of allylic oxidation sites excluding steroid dienone is 3. The summed E-state index contributed by atoms with van der Waals surface area (Å²) in [5.41, 5.74) is -0.967. The number of fused-ring (bicyclic) bond motifs is 5. The molecule has 10 atom stereocenters. The van der Waals surface area contributed by atoms with Crippen molar-refractivity contribution in [1.82, 2.24) is 20.4 Å². The molecular weight excluding hydrogens is 968 g/mol. The van der Waals surface area contributed by atoms with E-state index < -0.39 is 89.1 Å². The van der Waals surface area contributed by atoms with Gasteiger partial charge in [-0.25, -0.2) is 14.4 Å². The van der Waals surface area contributed by atoms with E-state index in [-0.39, 0.29) is 74.4 Å². The molecule has 22 heteroatoms. The predicted octanol–water partition coefficient (Wildman–Crippen LogP) is 4.84. The molecule has 3 heterocycles. The molecule has 5 rings (SSSR count). The predicted molar refractivity (Wildman–Crippen MR) is 260 cm³/mol. The van der Waals surface area contributed by atoms with Crippen molar-refractivity contribution in [2.75, 3.05) is 60.6 Å². The van der Waals surface area contributed by atoms with Crippen molar-refractivity contribution < 1.29 is 76.6 Å². The molecular formula is C49H67ClN4O16S. The van der Waals surface area contributed by atoms with Crippen molar-refractivity contribution >= 4 is 64.2 Å². The monoisotopic (exact) mass is 1030 g/mol. The number of methoxy groups -OCH3 is 2. The molecule has 392 valence electrons. The zero-order valence-electron chi connectivity index (χ0n) is 41.7. The van der Waals surface area contributed by atoms with Gasteiger partial charge in [0.25, 0.3) is 5.24 Å². The van der Waals surface area contributed by atoms with Crippen molar-refractivity contribution in [3.63, 3.8) is 0 Å². The normalized spacial score (nSPS) is 29.3. The number of benzene rings is 1. The second kappa shape index (κ2) is 25.6. The number of hydrogen-bond acceptors (Lipinski definition) is 17. The summed E-state index contributed by atoms with van der Waals surface area (Å²) >= 11 is 7.50. The van der Waals surface area contributed by atoms with Crippen LogP contribution in [0.5, 0.6) is 5.75 Å². The van der Waals surface area contributed by atoms with Crippen molar-refractivity contribution in [3.8, 4) is 5.75 Å². The largest absolute Gasteiger partial charge is 0.495 e. The number of ether oxygens (including phenoxy) is 8. The van der Waals surface area contributed by atoms with E-state index in [0.29, 0.717) is 24.3 Å². The summed E-state index contributed by atoms with van der Waals surface area (Å²) in [6.07, 6.45) is 2.19. The highest BCUT2D eigenvalue weighted by Crippen LogP contribution is 2.49. The zero-order valence-corrected chi connectivity index (χ0v) is 43.3. The molecule has 4 bridgehead atoms. The molecule has 1 aromatic rings. The van der Waals surface area contributed by atoms with Crippen molar-refractivity contribution in [2.45, 2.75) is 127 Å². The first-order valence-electron chi connectivity index (χ1n) is 23.4. The van der Waals surface area contributed by atoms with Gasteiger partial charge in [-0.15, -0.1) is 0 Å². The smallest absolute Gasteiger partial charge is 0.410 e. The van der Waals surface area contributed by atoms with Crippen LogP contribution in [0.25, 0.3) is 0 Å². The molecule has 1 aliphatic carbocycles. The van der Waals surface area contributed by atoms with E-state index in [1.165, 1.54) is 45.0 Å². The van der Waals surface area contributed by atoms with Crippen molar-refractivity contribution in [3.05, 3.63) is 64.2 Å². The lowest BCUT2D eigenvalue weighted by molar-refractivity contribution is -0.162. The first-order chi connectivity index (χ1) is 33.6. The Balaban J connectivity index is 1.26. The molecule has 71 heavy (non-hydrogen) atoms. The molecule has 3 N–H and O–H groups in total. The van der Waals surface area contributed by atoms with Gasteiger partial charge in [-0.3, -0.25) is 24.5 Å². The molecule has 2 fully saturated rings. The van der Waals surface area contributed by atoms with Crippen LogP contribution in [0.1, 0.15) is 71.4 Å². The minimum atomic E-state index is -1.88. The zero-order chi connectivity index (χ0) is 52.2. The molecule has 20 nitrogen and oxygen atoms in total. The summed E-state index contributed by atoms with van der Waals surface area (Å²) in [6, 6.07) is 1.36. The molecule has 2 saturated heterocycles. The molecule has 4 aliphatic rings. The average molecular weight is 1040 g/mol. The molecule has 0 saturated carbocycles. The van der Waals surface area contributed by atoms with Crippen LogP contribution >= 0.6 is 23.4 Å². The number of nitrogens with zero attached hydrogens (tertiary/aromatic N) is 2. The summed E-state index contributed by atoms with van der Waals surface area (Å²) in [5, 5.41) is 16.6. The molecule has 0 radical (unpaired) electrons. The number of halogens is 1. The number of Topliss-reactive ketones (excluding diaryl/α,β-unsaturated/α-hetero) is 2. The van der Waals surface area contributed by atoms with Gasteiger partial charge in [0.1, 0.15) is 60.4 Å². The number of nitrogens with one attached hydrogen (secondary N) is 2. The van der Waals surface area contributed by atoms with Gasteiger partial charge in [-0.1, -0.05) is 73.2 Å². The second-order valence-corrected chi connectivity index (χ2v) is 19.7. The van der Waals surface area contributed by atoms with Crippen molar-refractivity contribution in [1.29, 1.82) is 0 Å². The van der Waals surface area contributed by atoms with Crippen LogP contribution in [0.3, 0.4) is 0 Å². The van der Waals surface area contributed by atoms with E-state index in [1.807, 2.05) is 19.1 Å². The van der Waals surface area contributed by atoms with Crippen molar-refractivity contribution in [2.24, 2.45) is 5.92 Å². The fourth-order valence-electron chi connectivity index (χ4n) is 8.55. The van der Waals surface area contributed by atoms with E-state index in [4.69, 9.17) is 49.5 Å². The van der Waals surface area contributed by atoms with Gasteiger partial charge in [0.15, 0.2) is 11.5 Å². The first-order valence-corrected chi connectivity index (χ1v) is 24.8. The Morgan fingerprint density at radius 1 is 1.08 bits per heavy atom. The Hall–Kier alpha value is -5.03. The quantitative estimate of drug-likeness (QED) is 0.0976. The number of carbonyl (C=O) groups is 7. The Bertz CT molecular complexity index is 2230. The van der Waals surface area contributed by atoms with E-state index >= 15 is 0 Å². The summed E-state index contributed by atoms with van der Waals surface area (Å²) in [7, 11) is 5.72. The van der Waals surface area contributed by atoms with Crippen LogP contribution in [0.4, 0.5) is 14.4 Å². The summed E-state index contributed by atoms with van der Waals surface area (Å²) in [6.45, 7) is 8.67. The Morgan fingerprint density at radius 3 is 2.54 bits per heavy atom. The average Bonchev–Trinajstić information content (AvgIpc) is 4.01. The van der Waals surface area contributed by atoms with Gasteiger partial charge in [0.2, 0.25) is 5.91 Å². The van der Waals surface area contributed by atoms with Crippen LogP contribution < -0.4 is 15.4 Å². The number of alkyl carbamates (subject to hydrolysis) is 1. The third-order valence-electron chi connectivity index (χ3n) is 12.9. The number of thioether (sulfide) groups is 1. The number of rotatable bonds is 14. The summed E-state index contributed by atoms with van der Waals surface area (Å²) in [5.74, 6) is -2.28. The van der Waals surface area contributed by atoms with Crippen LogP contribution in [0, 0.1) is 5.92 Å². The number of epoxide rings is 1. The van der Waals surface area contributed by atoms with E-state index in [1.54, 1.807) is 51.1 Å². The minimum Gasteiger partial charge on any atom is -0.495 e. The Labute approximate surface area is 423 Å². The molecule has 4 amide bonds. The summed E-state index contributed by atoms with van der Waals surface area (Å²) in [4.78, 5) is 95.6. The number of esters is 1. The third-order valence-corrected chi connectivity index (χ3v) is 14.2. The van der Waals surface area contributed by atoms with Gasteiger partial charge in [0.05, 0.1) is 38.0 Å². The lowest BCUT2D eigenvalue weighted by Gasteiger charge is -2.42. The standard InChI is InChI=1S/C49H67ClN4O16S/c1-10-36(56)35(25-53(6)47(61)67-34-14-12-17-65-27-66-26-34)51-46(60)71-18-16-41(57)54(7)30(4)44(58)69-40-23-33(55)22-32-20-31(21-37(63-8)42(32)50)19-28(2)13-11-15-39(64-9)49(62)24-38(68-45(59)52-49)29(3)43-48(40,5)70-43/h11-15,20-21,29-30,34-35,38-40,43,62H,10,16-19,22-27H2,1-9H3,(H,51,60)(H,52,59)/b14-12+,15-11+,28-13+/t29-,30+,34?,35?,38+,39-,40+,43+,48+,49+/m1/s1. The van der Waals surface area contributed by atoms with Gasteiger partial charge in [-0.2, -0.15) is 0 Å². The Morgan fingerprint density at radius 2 is 1.83 bits per heavy atom. The van der Waals surface area contributed by atoms with Crippen LogP contribution in [0.2, 0.25) is 5.02 Å². The fraction of sp³-hybridized carbons (Fsp3) is 0.612. The summed E-state index contributed by atoms with van der Waals surface area (Å²) < 4.78 is 45.2. The maximum absolute atomic E-state index is 14.1. The molecule has 2 unspecified atom stereocenters.